The summed E-state index contributed by atoms with van der Waals surface area (Å²) in [7, 11) is 0. The Morgan fingerprint density at radius 2 is 1.92 bits per heavy atom. The first-order chi connectivity index (χ1) is 18.4. The quantitative estimate of drug-likeness (QED) is 0.362. The number of hydrogen-bond acceptors (Lipinski definition) is 5. The molecule has 1 amide bonds. The third-order valence-corrected chi connectivity index (χ3v) is 7.16. The number of rotatable bonds is 7. The third kappa shape index (κ3) is 4.47. The van der Waals surface area contributed by atoms with Gasteiger partial charge in [-0.2, -0.15) is 0 Å². The summed E-state index contributed by atoms with van der Waals surface area (Å²) in [5, 5.41) is 3.24. The Labute approximate surface area is 218 Å². The molecule has 38 heavy (non-hydrogen) atoms. The molecule has 2 atom stereocenters. The Morgan fingerprint density at radius 1 is 1.11 bits per heavy atom. The van der Waals surface area contributed by atoms with Gasteiger partial charge in [-0.15, -0.1) is 0 Å². The van der Waals surface area contributed by atoms with Crippen LogP contribution in [0.1, 0.15) is 48.0 Å². The number of esters is 1. The molecule has 2 aromatic heterocycles. The van der Waals surface area contributed by atoms with Gasteiger partial charge < -0.3 is 14.6 Å². The summed E-state index contributed by atoms with van der Waals surface area (Å²) in [5.41, 5.74) is 2.75. The summed E-state index contributed by atoms with van der Waals surface area (Å²) in [5.74, 6) is -1.48. The minimum Gasteiger partial charge on any atom is -0.466 e. The van der Waals surface area contributed by atoms with Crippen LogP contribution >= 0.6 is 0 Å². The molecule has 0 aliphatic heterocycles. The van der Waals surface area contributed by atoms with Gasteiger partial charge in [0.05, 0.1) is 17.9 Å². The van der Waals surface area contributed by atoms with Gasteiger partial charge in [-0.05, 0) is 73.2 Å². The van der Waals surface area contributed by atoms with Crippen LogP contribution in [0.3, 0.4) is 0 Å². The van der Waals surface area contributed by atoms with Gasteiger partial charge in [0.25, 0.3) is 5.91 Å². The highest BCUT2D eigenvalue weighted by Crippen LogP contribution is 2.49. The number of nitrogens with zero attached hydrogens (tertiary/aromatic N) is 2. The highest BCUT2D eigenvalue weighted by Gasteiger charge is 2.46. The van der Waals surface area contributed by atoms with Gasteiger partial charge in [0.2, 0.25) is 5.43 Å². The molecule has 0 spiro atoms. The maximum Gasteiger partial charge on any atom is 0.309 e. The van der Waals surface area contributed by atoms with Crippen molar-refractivity contribution in [1.29, 1.82) is 0 Å². The van der Waals surface area contributed by atoms with Crippen LogP contribution < -0.4 is 10.7 Å². The van der Waals surface area contributed by atoms with E-state index in [-0.39, 0.29) is 40.7 Å². The Hall–Kier alpha value is -4.33. The number of halogens is 1. The summed E-state index contributed by atoms with van der Waals surface area (Å²) in [4.78, 5) is 42.4. The molecule has 0 radical (unpaired) electrons. The molecule has 0 saturated heterocycles. The van der Waals surface area contributed by atoms with Gasteiger partial charge in [-0.1, -0.05) is 24.3 Å². The van der Waals surface area contributed by atoms with Crippen LogP contribution in [0.25, 0.3) is 27.8 Å². The van der Waals surface area contributed by atoms with Gasteiger partial charge in [-0.3, -0.25) is 14.4 Å². The number of benzene rings is 2. The largest absolute Gasteiger partial charge is 0.466 e. The SMILES string of the molecule is CCOC(=O)[C@@H]1C[C@H]1c1ccc(-c2cccc(-n3cc(C(=O)NC4CC4)c(=O)c4cccnc43)c2)cc1F. The van der Waals surface area contributed by atoms with Crippen LogP contribution in [0.2, 0.25) is 0 Å². The smallest absolute Gasteiger partial charge is 0.309 e. The zero-order valence-electron chi connectivity index (χ0n) is 20.8. The number of carbonyl (C=O) groups excluding carboxylic acids is 2. The summed E-state index contributed by atoms with van der Waals surface area (Å²) < 4.78 is 21.9. The molecule has 2 fully saturated rings. The van der Waals surface area contributed by atoms with Crippen molar-refractivity contribution in [2.45, 2.75) is 38.1 Å². The van der Waals surface area contributed by atoms with Crippen LogP contribution in [0.4, 0.5) is 4.39 Å². The van der Waals surface area contributed by atoms with Crippen molar-refractivity contribution >= 4 is 22.9 Å². The predicted molar refractivity (Wildman–Crippen MR) is 141 cm³/mol. The molecular formula is C30H26FN3O4. The average Bonchev–Trinajstić information content (AvgIpc) is 3.85. The number of fused-ring (bicyclic) bond motifs is 1. The molecule has 0 unspecified atom stereocenters. The number of aromatic nitrogens is 2. The van der Waals surface area contributed by atoms with E-state index in [4.69, 9.17) is 4.74 Å². The lowest BCUT2D eigenvalue weighted by molar-refractivity contribution is -0.144. The van der Waals surface area contributed by atoms with E-state index in [0.717, 1.165) is 18.4 Å². The maximum absolute atomic E-state index is 15.1. The lowest BCUT2D eigenvalue weighted by Gasteiger charge is -2.14. The van der Waals surface area contributed by atoms with E-state index < -0.39 is 5.91 Å². The molecule has 6 rings (SSSR count). The van der Waals surface area contributed by atoms with E-state index in [1.807, 2.05) is 30.3 Å². The second kappa shape index (κ2) is 9.52. The highest BCUT2D eigenvalue weighted by molar-refractivity contribution is 5.97. The molecule has 2 heterocycles. The van der Waals surface area contributed by atoms with Crippen LogP contribution in [0, 0.1) is 11.7 Å². The first-order valence-corrected chi connectivity index (χ1v) is 12.8. The zero-order chi connectivity index (χ0) is 26.4. The van der Waals surface area contributed by atoms with Crippen molar-refractivity contribution in [3.63, 3.8) is 0 Å². The highest BCUT2D eigenvalue weighted by atomic mass is 19.1. The molecule has 2 aliphatic carbocycles. The van der Waals surface area contributed by atoms with Crippen molar-refractivity contribution in [3.05, 3.63) is 94.2 Å². The minimum atomic E-state index is -0.396. The monoisotopic (exact) mass is 511 g/mol. The van der Waals surface area contributed by atoms with Gasteiger partial charge in [-0.25, -0.2) is 9.37 Å². The Kier molecular flexibility index (Phi) is 6.02. The van der Waals surface area contributed by atoms with Crippen molar-refractivity contribution in [2.75, 3.05) is 6.61 Å². The molecule has 8 heteroatoms. The second-order valence-electron chi connectivity index (χ2n) is 9.85. The Bertz CT molecular complexity index is 1640. The maximum atomic E-state index is 15.1. The Balaban J connectivity index is 1.36. The normalized spacial score (nSPS) is 18.3. The first kappa shape index (κ1) is 24.0. The zero-order valence-corrected chi connectivity index (χ0v) is 20.8. The summed E-state index contributed by atoms with van der Waals surface area (Å²) >= 11 is 0. The fraction of sp³-hybridized carbons (Fsp3) is 0.267. The number of nitrogens with one attached hydrogen (secondary N) is 1. The van der Waals surface area contributed by atoms with Gasteiger partial charge in [0.1, 0.15) is 17.0 Å². The number of carbonyl (C=O) groups is 2. The van der Waals surface area contributed by atoms with Gasteiger partial charge in [0, 0.05) is 30.0 Å². The van der Waals surface area contributed by atoms with Crippen molar-refractivity contribution in [3.8, 4) is 16.8 Å². The van der Waals surface area contributed by atoms with Gasteiger partial charge >= 0.3 is 5.97 Å². The molecule has 2 saturated carbocycles. The minimum absolute atomic E-state index is 0.0544. The standard InChI is InChI=1S/C30H26FN3O4/c1-2-38-30(37)24-15-23(24)21-11-8-18(14-26(21)31)17-5-3-6-20(13-17)34-16-25(29(36)33-19-9-10-19)27(35)22-7-4-12-32-28(22)34/h3-8,11-14,16,19,23-24H,2,9-10,15H2,1H3,(H,33,36)/t23-,24+/m0/s1. The molecule has 2 aliphatic rings. The van der Waals surface area contributed by atoms with E-state index >= 15 is 4.39 Å². The lowest BCUT2D eigenvalue weighted by Crippen LogP contribution is -2.31. The summed E-state index contributed by atoms with van der Waals surface area (Å²) in [6.07, 6.45) is 5.55. The van der Waals surface area contributed by atoms with Crippen molar-refractivity contribution in [2.24, 2.45) is 5.92 Å². The number of hydrogen-bond donors (Lipinski definition) is 1. The van der Waals surface area contributed by atoms with Crippen LogP contribution in [-0.4, -0.2) is 34.1 Å². The average molecular weight is 512 g/mol. The topological polar surface area (TPSA) is 90.3 Å². The van der Waals surface area contributed by atoms with Crippen LogP contribution in [0.15, 0.2) is 71.8 Å². The first-order valence-electron chi connectivity index (χ1n) is 12.8. The third-order valence-electron chi connectivity index (χ3n) is 7.16. The fourth-order valence-corrected chi connectivity index (χ4v) is 4.90. The number of amides is 1. The fourth-order valence-electron chi connectivity index (χ4n) is 4.90. The molecule has 7 nitrogen and oxygen atoms in total. The van der Waals surface area contributed by atoms with E-state index in [1.165, 1.54) is 12.3 Å². The number of ether oxygens (including phenoxy) is 1. The van der Waals surface area contributed by atoms with Gasteiger partial charge in [0.15, 0.2) is 0 Å². The van der Waals surface area contributed by atoms with E-state index in [1.54, 1.807) is 35.9 Å². The molecule has 192 valence electrons. The van der Waals surface area contributed by atoms with E-state index in [9.17, 15) is 14.4 Å². The summed E-state index contributed by atoms with van der Waals surface area (Å²) in [6.45, 7) is 2.07. The predicted octanol–water partition coefficient (Wildman–Crippen LogP) is 4.75. The molecular weight excluding hydrogens is 485 g/mol. The van der Waals surface area contributed by atoms with Crippen LogP contribution in [0.5, 0.6) is 0 Å². The van der Waals surface area contributed by atoms with E-state index in [0.29, 0.717) is 40.9 Å². The number of pyridine rings is 2. The van der Waals surface area contributed by atoms with E-state index in [2.05, 4.69) is 10.3 Å². The molecule has 0 bridgehead atoms. The second-order valence-corrected chi connectivity index (χ2v) is 9.85. The molecule has 1 N–H and O–H groups in total. The van der Waals surface area contributed by atoms with Crippen molar-refractivity contribution in [1.82, 2.24) is 14.9 Å². The van der Waals surface area contributed by atoms with Crippen molar-refractivity contribution < 1.29 is 18.7 Å². The summed E-state index contributed by atoms with van der Waals surface area (Å²) in [6, 6.07) is 15.9. The van der Waals surface area contributed by atoms with Crippen LogP contribution in [-0.2, 0) is 9.53 Å². The Morgan fingerprint density at radius 3 is 2.68 bits per heavy atom. The molecule has 4 aromatic rings. The lowest BCUT2D eigenvalue weighted by atomic mass is 10.0. The molecule has 2 aromatic carbocycles.